The van der Waals surface area contributed by atoms with Crippen LogP contribution in [-0.4, -0.2) is 11.6 Å². The minimum absolute atomic E-state index is 0.0782. The standard InChI is InChI=1S/C22H18O2/c23-19-13-12-17(15-8-6-3-7-9-15)21-20(24)14-18(22(19)21)16-10-4-1-2-5-11-16/h1,3-11H,2,12-14H2. The first-order valence-corrected chi connectivity index (χ1v) is 8.38. The first-order chi connectivity index (χ1) is 11.8. The quantitative estimate of drug-likeness (QED) is 0.804. The molecule has 0 fully saturated rings. The van der Waals surface area contributed by atoms with Gasteiger partial charge in [-0.15, -0.1) is 0 Å². The Balaban J connectivity index is 1.92. The summed E-state index contributed by atoms with van der Waals surface area (Å²) in [5.74, 6) is 0.183. The van der Waals surface area contributed by atoms with Crippen LogP contribution >= 0.6 is 0 Å². The van der Waals surface area contributed by atoms with Crippen molar-refractivity contribution < 1.29 is 9.59 Å². The monoisotopic (exact) mass is 314 g/mol. The molecule has 118 valence electrons. The van der Waals surface area contributed by atoms with Crippen molar-refractivity contribution in [2.75, 3.05) is 0 Å². The highest BCUT2D eigenvalue weighted by Crippen LogP contribution is 2.43. The van der Waals surface area contributed by atoms with Crippen LogP contribution in [-0.2, 0) is 9.59 Å². The summed E-state index contributed by atoms with van der Waals surface area (Å²) in [6.07, 6.45) is 12.5. The normalized spacial score (nSPS) is 20.4. The Morgan fingerprint density at radius 3 is 2.42 bits per heavy atom. The van der Waals surface area contributed by atoms with Crippen LogP contribution in [0.1, 0.15) is 31.2 Å². The molecule has 0 radical (unpaired) electrons. The number of allylic oxidation sites excluding steroid dienone is 10. The average molecular weight is 314 g/mol. The van der Waals surface area contributed by atoms with Gasteiger partial charge in [0.2, 0.25) is 0 Å². The molecule has 1 aromatic carbocycles. The van der Waals surface area contributed by atoms with Crippen molar-refractivity contribution in [2.45, 2.75) is 25.7 Å². The number of hydrogen-bond donors (Lipinski definition) is 0. The summed E-state index contributed by atoms with van der Waals surface area (Å²) in [7, 11) is 0. The molecule has 0 saturated heterocycles. The lowest BCUT2D eigenvalue weighted by molar-refractivity contribution is -0.117. The SMILES string of the molecule is O=C1CCC(c2ccccc2)=C2C(=O)CC(C3=CC=CCC=C3)=C12. The van der Waals surface area contributed by atoms with E-state index in [9.17, 15) is 9.59 Å². The van der Waals surface area contributed by atoms with Crippen molar-refractivity contribution in [1.82, 2.24) is 0 Å². The van der Waals surface area contributed by atoms with Gasteiger partial charge in [0.25, 0.3) is 0 Å². The number of carbonyl (C=O) groups is 2. The fourth-order valence-corrected chi connectivity index (χ4v) is 3.70. The second-order valence-electron chi connectivity index (χ2n) is 6.28. The van der Waals surface area contributed by atoms with E-state index in [4.69, 9.17) is 0 Å². The van der Waals surface area contributed by atoms with Gasteiger partial charge < -0.3 is 0 Å². The Morgan fingerprint density at radius 2 is 1.58 bits per heavy atom. The molecule has 2 nitrogen and oxygen atoms in total. The summed E-state index contributed by atoms with van der Waals surface area (Å²) >= 11 is 0. The second kappa shape index (κ2) is 6.04. The van der Waals surface area contributed by atoms with E-state index in [-0.39, 0.29) is 11.6 Å². The molecule has 0 aromatic heterocycles. The van der Waals surface area contributed by atoms with Gasteiger partial charge in [-0.05, 0) is 35.1 Å². The number of rotatable bonds is 2. The van der Waals surface area contributed by atoms with Crippen LogP contribution in [0.3, 0.4) is 0 Å². The minimum Gasteiger partial charge on any atom is -0.294 e. The smallest absolute Gasteiger partial charge is 0.168 e. The summed E-state index contributed by atoms with van der Waals surface area (Å²) in [5.41, 5.74) is 5.29. The van der Waals surface area contributed by atoms with E-state index in [1.165, 1.54) is 0 Å². The van der Waals surface area contributed by atoms with Crippen LogP contribution in [0.25, 0.3) is 5.57 Å². The number of ketones is 2. The van der Waals surface area contributed by atoms with Gasteiger partial charge in [-0.1, -0.05) is 60.7 Å². The maximum atomic E-state index is 12.8. The molecule has 0 atom stereocenters. The van der Waals surface area contributed by atoms with E-state index >= 15 is 0 Å². The Morgan fingerprint density at radius 1 is 0.792 bits per heavy atom. The predicted molar refractivity (Wildman–Crippen MR) is 95.2 cm³/mol. The Kier molecular flexibility index (Phi) is 3.73. The summed E-state index contributed by atoms with van der Waals surface area (Å²) in [5, 5.41) is 0. The molecule has 0 unspecified atom stereocenters. The highest BCUT2D eigenvalue weighted by atomic mass is 16.1. The molecule has 0 saturated carbocycles. The lowest BCUT2D eigenvalue weighted by atomic mass is 9.83. The van der Waals surface area contributed by atoms with Crippen molar-refractivity contribution in [3.8, 4) is 0 Å². The third-order valence-corrected chi connectivity index (χ3v) is 4.80. The van der Waals surface area contributed by atoms with Crippen LogP contribution in [0.4, 0.5) is 0 Å². The molecule has 24 heavy (non-hydrogen) atoms. The number of benzene rings is 1. The average Bonchev–Trinajstić information content (AvgIpc) is 2.79. The zero-order valence-corrected chi connectivity index (χ0v) is 13.4. The number of Topliss-reactive ketones (excluding diaryl/α,β-unsaturated/α-hetero) is 2. The fraction of sp³-hybridized carbons (Fsp3) is 0.182. The fourth-order valence-electron chi connectivity index (χ4n) is 3.70. The predicted octanol–water partition coefficient (Wildman–Crippen LogP) is 4.52. The van der Waals surface area contributed by atoms with E-state index in [1.807, 2.05) is 48.6 Å². The maximum Gasteiger partial charge on any atom is 0.168 e. The molecule has 3 aliphatic carbocycles. The molecule has 4 rings (SSSR count). The summed E-state index contributed by atoms with van der Waals surface area (Å²) in [6.45, 7) is 0. The molecule has 0 N–H and O–H groups in total. The van der Waals surface area contributed by atoms with Crippen molar-refractivity contribution in [3.63, 3.8) is 0 Å². The Hall–Kier alpha value is -2.74. The van der Waals surface area contributed by atoms with Gasteiger partial charge in [0.1, 0.15) is 0 Å². The zero-order valence-electron chi connectivity index (χ0n) is 13.4. The van der Waals surface area contributed by atoms with Crippen molar-refractivity contribution in [3.05, 3.63) is 88.6 Å². The first kappa shape index (κ1) is 14.8. The molecular weight excluding hydrogens is 296 g/mol. The lowest BCUT2D eigenvalue weighted by Crippen LogP contribution is -2.15. The van der Waals surface area contributed by atoms with E-state index in [0.29, 0.717) is 30.4 Å². The molecule has 1 aromatic rings. The largest absolute Gasteiger partial charge is 0.294 e. The number of carbonyl (C=O) groups excluding carboxylic acids is 2. The van der Waals surface area contributed by atoms with Crippen molar-refractivity contribution in [2.24, 2.45) is 0 Å². The first-order valence-electron chi connectivity index (χ1n) is 8.38. The topological polar surface area (TPSA) is 34.1 Å². The van der Waals surface area contributed by atoms with Crippen molar-refractivity contribution in [1.29, 1.82) is 0 Å². The van der Waals surface area contributed by atoms with E-state index in [0.717, 1.165) is 28.7 Å². The van der Waals surface area contributed by atoms with Gasteiger partial charge in [0.15, 0.2) is 11.6 Å². The Bertz CT molecular complexity index is 874. The van der Waals surface area contributed by atoms with Gasteiger partial charge >= 0.3 is 0 Å². The molecule has 3 aliphatic rings. The van der Waals surface area contributed by atoms with Gasteiger partial charge in [-0.3, -0.25) is 9.59 Å². The van der Waals surface area contributed by atoms with Crippen LogP contribution in [0.2, 0.25) is 0 Å². The van der Waals surface area contributed by atoms with Crippen LogP contribution in [0, 0.1) is 0 Å². The van der Waals surface area contributed by atoms with Crippen LogP contribution in [0.15, 0.2) is 83.0 Å². The molecule has 0 heterocycles. The number of fused-ring (bicyclic) bond motifs is 1. The molecule has 0 bridgehead atoms. The second-order valence-corrected chi connectivity index (χ2v) is 6.28. The Labute approximate surface area is 141 Å². The number of hydrogen-bond acceptors (Lipinski definition) is 2. The molecule has 2 heteroatoms. The van der Waals surface area contributed by atoms with Gasteiger partial charge in [0.05, 0.1) is 0 Å². The molecular formula is C22H18O2. The summed E-state index contributed by atoms with van der Waals surface area (Å²) in [4.78, 5) is 25.4. The van der Waals surface area contributed by atoms with Gasteiger partial charge in [-0.25, -0.2) is 0 Å². The van der Waals surface area contributed by atoms with Gasteiger partial charge in [0, 0.05) is 24.0 Å². The zero-order chi connectivity index (χ0) is 16.5. The van der Waals surface area contributed by atoms with E-state index < -0.39 is 0 Å². The van der Waals surface area contributed by atoms with Crippen LogP contribution in [0.5, 0.6) is 0 Å². The third kappa shape index (κ3) is 2.44. The van der Waals surface area contributed by atoms with E-state index in [1.54, 1.807) is 0 Å². The molecule has 0 spiro atoms. The van der Waals surface area contributed by atoms with Gasteiger partial charge in [-0.2, -0.15) is 0 Å². The molecule has 0 amide bonds. The summed E-state index contributed by atoms with van der Waals surface area (Å²) < 4.78 is 0. The molecule has 0 aliphatic heterocycles. The van der Waals surface area contributed by atoms with Crippen molar-refractivity contribution >= 4 is 17.1 Å². The highest BCUT2D eigenvalue weighted by molar-refractivity contribution is 6.23. The minimum atomic E-state index is 0.0782. The summed E-state index contributed by atoms with van der Waals surface area (Å²) in [6, 6.07) is 9.97. The lowest BCUT2D eigenvalue weighted by Gasteiger charge is -2.19. The third-order valence-electron chi connectivity index (χ3n) is 4.80. The van der Waals surface area contributed by atoms with Crippen LogP contribution < -0.4 is 0 Å². The maximum absolute atomic E-state index is 12.8. The highest BCUT2D eigenvalue weighted by Gasteiger charge is 2.37. The van der Waals surface area contributed by atoms with E-state index in [2.05, 4.69) is 12.2 Å².